The summed E-state index contributed by atoms with van der Waals surface area (Å²) < 4.78 is 11.4. The molecule has 0 heterocycles. The second-order valence-electron chi connectivity index (χ2n) is 6.89. The van der Waals surface area contributed by atoms with E-state index in [4.69, 9.17) is 9.47 Å². The van der Waals surface area contributed by atoms with E-state index in [2.05, 4.69) is 23.5 Å². The van der Waals surface area contributed by atoms with E-state index in [0.717, 1.165) is 35.5 Å². The maximum absolute atomic E-state index is 11.9. The molecule has 1 amide bonds. The van der Waals surface area contributed by atoms with Gasteiger partial charge in [-0.2, -0.15) is 0 Å². The zero-order chi connectivity index (χ0) is 18.4. The highest BCUT2D eigenvalue weighted by Gasteiger charge is 2.10. The molecule has 2 aromatic rings. The molecule has 1 N–H and O–H groups in total. The van der Waals surface area contributed by atoms with Crippen LogP contribution in [0.3, 0.4) is 0 Å². The third kappa shape index (κ3) is 5.01. The first-order valence-corrected chi connectivity index (χ1v) is 9.33. The Morgan fingerprint density at radius 2 is 1.81 bits per heavy atom. The van der Waals surface area contributed by atoms with Crippen molar-refractivity contribution >= 4 is 5.91 Å². The molecule has 2 aromatic carbocycles. The van der Waals surface area contributed by atoms with Crippen molar-refractivity contribution < 1.29 is 14.3 Å². The maximum atomic E-state index is 11.9. The fourth-order valence-corrected chi connectivity index (χ4v) is 3.21. The van der Waals surface area contributed by atoms with Crippen molar-refractivity contribution in [1.82, 2.24) is 5.32 Å². The maximum Gasteiger partial charge on any atom is 0.258 e. The average Bonchev–Trinajstić information content (AvgIpc) is 2.66. The van der Waals surface area contributed by atoms with Crippen LogP contribution in [0.4, 0.5) is 0 Å². The minimum Gasteiger partial charge on any atom is -0.491 e. The van der Waals surface area contributed by atoms with E-state index >= 15 is 0 Å². The second kappa shape index (κ2) is 8.75. The standard InChI is InChI=1S/C22H27NO3/c1-16-7-8-17(2)21(13-16)25-12-11-23-22(24)15-26-20-10-9-18-5-3-4-6-19(18)14-20/h7-10,13-14H,3-6,11-12,15H2,1-2H3,(H,23,24). The van der Waals surface area contributed by atoms with E-state index in [9.17, 15) is 4.79 Å². The van der Waals surface area contributed by atoms with Crippen LogP contribution in [0.25, 0.3) is 0 Å². The molecule has 0 aromatic heterocycles. The molecule has 4 heteroatoms. The number of aryl methyl sites for hydroxylation is 4. The summed E-state index contributed by atoms with van der Waals surface area (Å²) in [6, 6.07) is 12.3. The van der Waals surface area contributed by atoms with Gasteiger partial charge in [0.1, 0.15) is 18.1 Å². The molecule has 0 unspecified atom stereocenters. The predicted molar refractivity (Wildman–Crippen MR) is 103 cm³/mol. The van der Waals surface area contributed by atoms with Crippen LogP contribution in [-0.2, 0) is 17.6 Å². The van der Waals surface area contributed by atoms with Crippen molar-refractivity contribution in [2.75, 3.05) is 19.8 Å². The minimum atomic E-state index is -0.132. The lowest BCUT2D eigenvalue weighted by Crippen LogP contribution is -2.32. The highest BCUT2D eigenvalue weighted by atomic mass is 16.5. The Kier molecular flexibility index (Phi) is 6.16. The highest BCUT2D eigenvalue weighted by molar-refractivity contribution is 5.77. The average molecular weight is 353 g/mol. The zero-order valence-corrected chi connectivity index (χ0v) is 15.6. The molecule has 0 radical (unpaired) electrons. The van der Waals surface area contributed by atoms with Gasteiger partial charge in [0, 0.05) is 0 Å². The molecule has 3 rings (SSSR count). The summed E-state index contributed by atoms with van der Waals surface area (Å²) in [5.41, 5.74) is 5.03. The van der Waals surface area contributed by atoms with E-state index in [0.29, 0.717) is 13.2 Å². The Morgan fingerprint density at radius 1 is 1.00 bits per heavy atom. The van der Waals surface area contributed by atoms with Crippen LogP contribution in [0.1, 0.15) is 35.1 Å². The van der Waals surface area contributed by atoms with Crippen molar-refractivity contribution in [1.29, 1.82) is 0 Å². The number of hydrogen-bond donors (Lipinski definition) is 1. The monoisotopic (exact) mass is 353 g/mol. The molecule has 26 heavy (non-hydrogen) atoms. The van der Waals surface area contributed by atoms with Crippen molar-refractivity contribution in [3.63, 3.8) is 0 Å². The van der Waals surface area contributed by atoms with E-state index in [1.54, 1.807) is 0 Å². The topological polar surface area (TPSA) is 47.6 Å². The number of rotatable bonds is 7. The Labute approximate surface area is 155 Å². The van der Waals surface area contributed by atoms with Gasteiger partial charge in [-0.05, 0) is 80.0 Å². The van der Waals surface area contributed by atoms with Crippen LogP contribution in [0, 0.1) is 13.8 Å². The van der Waals surface area contributed by atoms with Gasteiger partial charge in [-0.25, -0.2) is 0 Å². The van der Waals surface area contributed by atoms with Gasteiger partial charge in [0.25, 0.3) is 5.91 Å². The number of carbonyl (C=O) groups excluding carboxylic acids is 1. The quantitative estimate of drug-likeness (QED) is 0.771. The van der Waals surface area contributed by atoms with Gasteiger partial charge in [0.05, 0.1) is 6.54 Å². The van der Waals surface area contributed by atoms with Crippen LogP contribution in [0.15, 0.2) is 36.4 Å². The molecule has 0 bridgehead atoms. The molecule has 138 valence electrons. The molecule has 0 fully saturated rings. The third-order valence-electron chi connectivity index (χ3n) is 4.72. The Morgan fingerprint density at radius 3 is 2.65 bits per heavy atom. The molecule has 0 saturated heterocycles. The third-order valence-corrected chi connectivity index (χ3v) is 4.72. The number of hydrogen-bond acceptors (Lipinski definition) is 3. The Balaban J connectivity index is 1.38. The first-order chi connectivity index (χ1) is 12.6. The molecule has 0 aliphatic heterocycles. The summed E-state index contributed by atoms with van der Waals surface area (Å²) in [5, 5.41) is 2.83. The minimum absolute atomic E-state index is 0.0300. The van der Waals surface area contributed by atoms with Gasteiger partial charge in [-0.3, -0.25) is 4.79 Å². The normalized spacial score (nSPS) is 13.0. The summed E-state index contributed by atoms with van der Waals surface area (Å²) in [5.74, 6) is 1.50. The van der Waals surface area contributed by atoms with Crippen LogP contribution in [-0.4, -0.2) is 25.7 Å². The van der Waals surface area contributed by atoms with Gasteiger partial charge in [0.2, 0.25) is 0 Å². The van der Waals surface area contributed by atoms with Crippen LogP contribution in [0.2, 0.25) is 0 Å². The van der Waals surface area contributed by atoms with Gasteiger partial charge in [-0.15, -0.1) is 0 Å². The first kappa shape index (κ1) is 18.3. The van der Waals surface area contributed by atoms with Gasteiger partial charge in [0.15, 0.2) is 6.61 Å². The lowest BCUT2D eigenvalue weighted by atomic mass is 9.92. The molecular formula is C22H27NO3. The van der Waals surface area contributed by atoms with E-state index in [1.807, 2.05) is 32.0 Å². The van der Waals surface area contributed by atoms with Crippen molar-refractivity contribution in [3.05, 3.63) is 58.7 Å². The van der Waals surface area contributed by atoms with Crippen LogP contribution >= 0.6 is 0 Å². The zero-order valence-electron chi connectivity index (χ0n) is 15.6. The fraction of sp³-hybridized carbons (Fsp3) is 0.409. The molecule has 0 saturated carbocycles. The summed E-state index contributed by atoms with van der Waals surface area (Å²) in [6.07, 6.45) is 4.75. The summed E-state index contributed by atoms with van der Waals surface area (Å²) in [6.45, 7) is 4.98. The predicted octanol–water partition coefficient (Wildman–Crippen LogP) is 3.76. The summed E-state index contributed by atoms with van der Waals surface area (Å²) >= 11 is 0. The van der Waals surface area contributed by atoms with Crippen molar-refractivity contribution in [3.8, 4) is 11.5 Å². The number of fused-ring (bicyclic) bond motifs is 1. The second-order valence-corrected chi connectivity index (χ2v) is 6.89. The number of ether oxygens (including phenoxy) is 2. The SMILES string of the molecule is Cc1ccc(C)c(OCCNC(=O)COc2ccc3c(c2)CCCC3)c1. The van der Waals surface area contributed by atoms with Crippen LogP contribution in [0.5, 0.6) is 11.5 Å². The molecule has 0 spiro atoms. The summed E-state index contributed by atoms with van der Waals surface area (Å²) in [4.78, 5) is 11.9. The number of nitrogens with one attached hydrogen (secondary N) is 1. The van der Waals surface area contributed by atoms with Crippen molar-refractivity contribution in [2.45, 2.75) is 39.5 Å². The van der Waals surface area contributed by atoms with E-state index in [-0.39, 0.29) is 12.5 Å². The van der Waals surface area contributed by atoms with E-state index < -0.39 is 0 Å². The molecule has 1 aliphatic carbocycles. The highest BCUT2D eigenvalue weighted by Crippen LogP contribution is 2.25. The first-order valence-electron chi connectivity index (χ1n) is 9.33. The lowest BCUT2D eigenvalue weighted by molar-refractivity contribution is -0.123. The molecule has 4 nitrogen and oxygen atoms in total. The molecule has 1 aliphatic rings. The van der Waals surface area contributed by atoms with Gasteiger partial charge < -0.3 is 14.8 Å². The van der Waals surface area contributed by atoms with Gasteiger partial charge in [-0.1, -0.05) is 18.2 Å². The smallest absolute Gasteiger partial charge is 0.258 e. The Hall–Kier alpha value is -2.49. The Bertz CT molecular complexity index is 770. The summed E-state index contributed by atoms with van der Waals surface area (Å²) in [7, 11) is 0. The van der Waals surface area contributed by atoms with Gasteiger partial charge >= 0.3 is 0 Å². The van der Waals surface area contributed by atoms with E-state index in [1.165, 1.54) is 24.0 Å². The largest absolute Gasteiger partial charge is 0.491 e. The van der Waals surface area contributed by atoms with Crippen molar-refractivity contribution in [2.24, 2.45) is 0 Å². The fourth-order valence-electron chi connectivity index (χ4n) is 3.21. The number of amides is 1. The number of carbonyl (C=O) groups is 1. The molecular weight excluding hydrogens is 326 g/mol. The number of benzene rings is 2. The molecule has 0 atom stereocenters. The van der Waals surface area contributed by atoms with Crippen LogP contribution < -0.4 is 14.8 Å². The lowest BCUT2D eigenvalue weighted by Gasteiger charge is -2.16.